The third-order valence-corrected chi connectivity index (χ3v) is 7.07. The summed E-state index contributed by atoms with van der Waals surface area (Å²) < 4.78 is 35.9. The second-order valence-electron chi connectivity index (χ2n) is 7.75. The van der Waals surface area contributed by atoms with Crippen LogP contribution in [0, 0.1) is 6.92 Å². The van der Waals surface area contributed by atoms with Crippen molar-refractivity contribution < 1.29 is 17.9 Å². The molecule has 1 aromatic heterocycles. The molecular formula is C21H21N7O4S. The van der Waals surface area contributed by atoms with Crippen LogP contribution in [0.3, 0.4) is 0 Å². The normalized spacial score (nSPS) is 18.7. The predicted octanol–water partition coefficient (Wildman–Crippen LogP) is 1.53. The summed E-state index contributed by atoms with van der Waals surface area (Å²) in [4.78, 5) is 15.2. The molecule has 33 heavy (non-hydrogen) atoms. The number of fused-ring (bicyclic) bond motifs is 1. The number of amides is 1. The van der Waals surface area contributed by atoms with Crippen molar-refractivity contribution in [2.45, 2.75) is 30.7 Å². The van der Waals surface area contributed by atoms with Crippen LogP contribution in [0.2, 0.25) is 0 Å². The van der Waals surface area contributed by atoms with Crippen molar-refractivity contribution >= 4 is 27.5 Å². The van der Waals surface area contributed by atoms with Gasteiger partial charge in [0.15, 0.2) is 11.7 Å². The van der Waals surface area contributed by atoms with Crippen LogP contribution >= 0.6 is 0 Å². The van der Waals surface area contributed by atoms with Crippen molar-refractivity contribution in [3.63, 3.8) is 0 Å². The lowest BCUT2D eigenvalue weighted by Crippen LogP contribution is -2.43. The summed E-state index contributed by atoms with van der Waals surface area (Å²) in [6, 6.07) is 11.3. The van der Waals surface area contributed by atoms with Crippen LogP contribution in [-0.2, 0) is 14.8 Å². The highest BCUT2D eigenvalue weighted by atomic mass is 32.2. The third-order valence-electron chi connectivity index (χ3n) is 5.74. The average molecular weight is 468 g/mol. The lowest BCUT2D eigenvalue weighted by Gasteiger charge is -2.25. The van der Waals surface area contributed by atoms with Crippen LogP contribution in [0.5, 0.6) is 5.75 Å². The van der Waals surface area contributed by atoms with E-state index >= 15 is 0 Å². The monoisotopic (exact) mass is 467 g/mol. The Morgan fingerprint density at radius 2 is 2.03 bits per heavy atom. The first-order valence-corrected chi connectivity index (χ1v) is 11.8. The van der Waals surface area contributed by atoms with Crippen LogP contribution in [0.4, 0.5) is 5.69 Å². The molecule has 3 aromatic rings. The van der Waals surface area contributed by atoms with Crippen molar-refractivity contribution in [1.29, 1.82) is 0 Å². The number of hydrogen-bond acceptors (Lipinski definition) is 8. The van der Waals surface area contributed by atoms with E-state index in [1.54, 1.807) is 55.3 Å². The number of ether oxygens (including phenoxy) is 1. The molecule has 2 aliphatic heterocycles. The highest BCUT2D eigenvalue weighted by Gasteiger charge is 2.39. The van der Waals surface area contributed by atoms with Gasteiger partial charge in [-0.05, 0) is 60.5 Å². The van der Waals surface area contributed by atoms with E-state index in [2.05, 4.69) is 25.2 Å². The number of sulfonamides is 1. The molecule has 12 heteroatoms. The number of benzene rings is 2. The van der Waals surface area contributed by atoms with Gasteiger partial charge in [0.25, 0.3) is 10.0 Å². The second kappa shape index (κ2) is 7.96. The Kier molecular flexibility index (Phi) is 5.08. The predicted molar refractivity (Wildman–Crippen MR) is 119 cm³/mol. The van der Waals surface area contributed by atoms with E-state index in [1.807, 2.05) is 0 Å². The standard InChI is InChI=1S/C21H21N7O4S/c1-13-23-25-26-28(13)17-12-14(9-10-18(17)32-2)22-21(29)16-7-5-11-27(16)20-15-6-3-4-8-19(15)33(30,31)24-20/h3-4,6,8-10,12,16H,5,7,11H2,1-2H3,(H,22,29)/t16-/m0/s1. The number of aromatic nitrogens is 4. The van der Waals surface area contributed by atoms with Crippen molar-refractivity contribution in [2.24, 2.45) is 4.40 Å². The molecule has 0 aliphatic carbocycles. The van der Waals surface area contributed by atoms with Gasteiger partial charge in [0.05, 0.1) is 7.11 Å². The minimum Gasteiger partial charge on any atom is -0.494 e. The Bertz CT molecular complexity index is 1380. The van der Waals surface area contributed by atoms with Gasteiger partial charge >= 0.3 is 0 Å². The Morgan fingerprint density at radius 1 is 1.21 bits per heavy atom. The molecule has 0 radical (unpaired) electrons. The SMILES string of the molecule is COc1ccc(NC(=O)[C@@H]2CCCN2C2=NS(=O)(=O)c3ccccc32)cc1-n1nnnc1C. The Labute approximate surface area is 190 Å². The zero-order chi connectivity index (χ0) is 23.2. The molecule has 0 saturated carbocycles. The Morgan fingerprint density at radius 3 is 2.79 bits per heavy atom. The summed E-state index contributed by atoms with van der Waals surface area (Å²) in [6.07, 6.45) is 1.33. The number of hydrogen-bond donors (Lipinski definition) is 1. The highest BCUT2D eigenvalue weighted by Crippen LogP contribution is 2.32. The first kappa shape index (κ1) is 21.1. The summed E-state index contributed by atoms with van der Waals surface area (Å²) in [5, 5.41) is 14.5. The van der Waals surface area contributed by atoms with Crippen molar-refractivity contribution in [3.05, 3.63) is 53.9 Å². The fourth-order valence-corrected chi connectivity index (χ4v) is 5.42. The minimum absolute atomic E-state index is 0.169. The van der Waals surface area contributed by atoms with Crippen molar-refractivity contribution in [3.8, 4) is 11.4 Å². The van der Waals surface area contributed by atoms with E-state index in [4.69, 9.17) is 4.74 Å². The molecule has 5 rings (SSSR count). The summed E-state index contributed by atoms with van der Waals surface area (Å²) >= 11 is 0. The van der Waals surface area contributed by atoms with Gasteiger partial charge in [-0.15, -0.1) is 9.50 Å². The fourth-order valence-electron chi connectivity index (χ4n) is 4.20. The smallest absolute Gasteiger partial charge is 0.285 e. The van der Waals surface area contributed by atoms with Gasteiger partial charge < -0.3 is 15.0 Å². The quantitative estimate of drug-likeness (QED) is 0.611. The van der Waals surface area contributed by atoms with Gasteiger partial charge in [-0.3, -0.25) is 4.79 Å². The lowest BCUT2D eigenvalue weighted by atomic mass is 10.1. The van der Waals surface area contributed by atoms with Crippen molar-refractivity contribution in [2.75, 3.05) is 19.0 Å². The topological polar surface area (TPSA) is 132 Å². The Hall–Kier alpha value is -3.80. The van der Waals surface area contributed by atoms with Crippen LogP contribution in [0.25, 0.3) is 5.69 Å². The number of aryl methyl sites for hydroxylation is 1. The largest absolute Gasteiger partial charge is 0.494 e. The average Bonchev–Trinajstić information content (AvgIpc) is 3.52. The number of nitrogens with zero attached hydrogens (tertiary/aromatic N) is 6. The summed E-state index contributed by atoms with van der Waals surface area (Å²) in [5.74, 6) is 1.19. The Balaban J connectivity index is 1.42. The number of carbonyl (C=O) groups excluding carboxylic acids is 1. The van der Waals surface area contributed by atoms with E-state index in [9.17, 15) is 13.2 Å². The number of carbonyl (C=O) groups is 1. The van der Waals surface area contributed by atoms with Gasteiger partial charge in [-0.1, -0.05) is 12.1 Å². The molecule has 1 atom stereocenters. The molecule has 3 heterocycles. The first-order chi connectivity index (χ1) is 15.9. The van der Waals surface area contributed by atoms with E-state index in [1.165, 1.54) is 10.7 Å². The molecule has 2 aromatic carbocycles. The molecule has 1 fully saturated rings. The molecule has 1 saturated heterocycles. The lowest BCUT2D eigenvalue weighted by molar-refractivity contribution is -0.119. The van der Waals surface area contributed by atoms with Gasteiger partial charge in [-0.25, -0.2) is 0 Å². The molecule has 0 bridgehead atoms. The van der Waals surface area contributed by atoms with E-state index in [0.29, 0.717) is 47.3 Å². The summed E-state index contributed by atoms with van der Waals surface area (Å²) in [6.45, 7) is 2.30. The van der Waals surface area contributed by atoms with Crippen LogP contribution in [-0.4, -0.2) is 65.0 Å². The fraction of sp³-hybridized carbons (Fsp3) is 0.286. The molecule has 0 spiro atoms. The van der Waals surface area contributed by atoms with Crippen LogP contribution < -0.4 is 10.1 Å². The maximum Gasteiger partial charge on any atom is 0.285 e. The van der Waals surface area contributed by atoms with E-state index in [0.717, 1.165) is 6.42 Å². The summed E-state index contributed by atoms with van der Waals surface area (Å²) in [5.41, 5.74) is 1.65. The van der Waals surface area contributed by atoms with Crippen LogP contribution in [0.15, 0.2) is 51.8 Å². The molecule has 1 amide bonds. The molecule has 0 unspecified atom stereocenters. The molecular weight excluding hydrogens is 446 g/mol. The minimum atomic E-state index is -3.76. The number of anilines is 1. The maximum atomic E-state index is 13.2. The van der Waals surface area contributed by atoms with Gasteiger partial charge in [0, 0.05) is 17.8 Å². The number of amidine groups is 1. The first-order valence-electron chi connectivity index (χ1n) is 10.3. The van der Waals surface area contributed by atoms with Gasteiger partial charge in [0.2, 0.25) is 5.91 Å². The zero-order valence-corrected chi connectivity index (χ0v) is 18.8. The van der Waals surface area contributed by atoms with E-state index < -0.39 is 16.1 Å². The molecule has 1 N–H and O–H groups in total. The number of rotatable bonds is 4. The summed E-state index contributed by atoms with van der Waals surface area (Å²) in [7, 11) is -2.22. The number of nitrogens with one attached hydrogen (secondary N) is 1. The zero-order valence-electron chi connectivity index (χ0n) is 18.0. The number of likely N-dealkylation sites (tertiary alicyclic amines) is 1. The van der Waals surface area contributed by atoms with E-state index in [-0.39, 0.29) is 10.8 Å². The van der Waals surface area contributed by atoms with Gasteiger partial charge in [-0.2, -0.15) is 13.1 Å². The molecule has 11 nitrogen and oxygen atoms in total. The number of tetrazole rings is 1. The molecule has 2 aliphatic rings. The highest BCUT2D eigenvalue weighted by molar-refractivity contribution is 7.90. The molecule has 170 valence electrons. The maximum absolute atomic E-state index is 13.2. The number of methoxy groups -OCH3 is 1. The van der Waals surface area contributed by atoms with Gasteiger partial charge in [0.1, 0.15) is 22.4 Å². The second-order valence-corrected chi connectivity index (χ2v) is 9.32. The van der Waals surface area contributed by atoms with Crippen LogP contribution in [0.1, 0.15) is 24.2 Å². The van der Waals surface area contributed by atoms with Crippen molar-refractivity contribution in [1.82, 2.24) is 25.1 Å². The third kappa shape index (κ3) is 3.61.